The number of phenols is 1. The predicted octanol–water partition coefficient (Wildman–Crippen LogP) is 5.04. The van der Waals surface area contributed by atoms with Crippen molar-refractivity contribution in [2.75, 3.05) is 25.6 Å². The van der Waals surface area contributed by atoms with E-state index in [4.69, 9.17) is 15.2 Å². The summed E-state index contributed by atoms with van der Waals surface area (Å²) in [5, 5.41) is 19.3. The van der Waals surface area contributed by atoms with Crippen molar-refractivity contribution in [2.45, 2.75) is 45.1 Å². The van der Waals surface area contributed by atoms with Crippen LogP contribution in [0.3, 0.4) is 0 Å². The van der Waals surface area contributed by atoms with Crippen LogP contribution in [-0.2, 0) is 21.3 Å². The number of aromatic hydroxyl groups is 1. The van der Waals surface area contributed by atoms with Gasteiger partial charge < -0.3 is 20.3 Å². The second-order valence-corrected chi connectivity index (χ2v) is 8.15. The van der Waals surface area contributed by atoms with Gasteiger partial charge in [0.2, 0.25) is 0 Å². The van der Waals surface area contributed by atoms with Crippen molar-refractivity contribution in [1.82, 2.24) is 0 Å². The number of nitrogen functional groups attached to an aromatic ring is 1. The number of anilines is 1. The van der Waals surface area contributed by atoms with Crippen LogP contribution < -0.4 is 5.73 Å². The second-order valence-electron chi connectivity index (χ2n) is 8.15. The van der Waals surface area contributed by atoms with E-state index in [-0.39, 0.29) is 11.2 Å². The van der Waals surface area contributed by atoms with Crippen molar-refractivity contribution < 1.29 is 14.6 Å². The molecule has 28 heavy (non-hydrogen) atoms. The molecule has 0 aromatic heterocycles. The van der Waals surface area contributed by atoms with Crippen LogP contribution in [0.2, 0.25) is 0 Å². The largest absolute Gasteiger partial charge is 0.505 e. The lowest BCUT2D eigenvalue weighted by Crippen LogP contribution is -2.12. The third-order valence-electron chi connectivity index (χ3n) is 4.62. The van der Waals surface area contributed by atoms with Gasteiger partial charge in [0, 0.05) is 12.2 Å². The molecule has 150 valence electrons. The summed E-state index contributed by atoms with van der Waals surface area (Å²) >= 11 is 0. The Balaban J connectivity index is 1.77. The highest BCUT2D eigenvalue weighted by molar-refractivity contribution is 5.63. The van der Waals surface area contributed by atoms with Crippen molar-refractivity contribution in [1.29, 1.82) is 0 Å². The summed E-state index contributed by atoms with van der Waals surface area (Å²) in [6.07, 6.45) is 2.02. The first-order valence-electron chi connectivity index (χ1n) is 9.66. The van der Waals surface area contributed by atoms with Crippen LogP contribution in [0, 0.1) is 0 Å². The van der Waals surface area contributed by atoms with E-state index < -0.39 is 0 Å². The van der Waals surface area contributed by atoms with E-state index in [2.05, 4.69) is 37.1 Å². The Morgan fingerprint density at radius 1 is 1.18 bits per heavy atom. The maximum atomic E-state index is 10.8. The van der Waals surface area contributed by atoms with Crippen LogP contribution in [0.15, 0.2) is 46.6 Å². The second kappa shape index (κ2) is 8.71. The molecule has 0 amide bonds. The molecule has 6 nitrogen and oxygen atoms in total. The molecule has 0 bridgehead atoms. The number of nitrogens with zero attached hydrogens (tertiary/aromatic N) is 2. The number of rotatable bonds is 8. The molecule has 1 aliphatic heterocycles. The van der Waals surface area contributed by atoms with E-state index in [0.29, 0.717) is 36.4 Å². The number of ether oxygens (including phenoxy) is 2. The number of aryl methyl sites for hydroxylation is 1. The van der Waals surface area contributed by atoms with Crippen molar-refractivity contribution in [3.63, 3.8) is 0 Å². The zero-order valence-corrected chi connectivity index (χ0v) is 16.8. The summed E-state index contributed by atoms with van der Waals surface area (Å²) in [6.45, 7) is 8.37. The molecule has 1 saturated heterocycles. The summed E-state index contributed by atoms with van der Waals surface area (Å²) in [4.78, 5) is 0. The SMILES string of the molecule is CC(C)(C)c1cc(CCCOCC2CO2)cc(N=Nc2ccccc2N)c1O. The molecule has 0 radical (unpaired) electrons. The number of hydrogen-bond acceptors (Lipinski definition) is 6. The van der Waals surface area contributed by atoms with Crippen molar-refractivity contribution in [2.24, 2.45) is 10.2 Å². The lowest BCUT2D eigenvalue weighted by atomic mass is 9.84. The minimum Gasteiger partial charge on any atom is -0.505 e. The molecule has 2 aromatic rings. The number of hydrogen-bond donors (Lipinski definition) is 2. The third-order valence-corrected chi connectivity index (χ3v) is 4.62. The molecule has 1 unspecified atom stereocenters. The average Bonchev–Trinajstić information content (AvgIpc) is 3.46. The van der Waals surface area contributed by atoms with E-state index in [1.54, 1.807) is 12.1 Å². The molecule has 0 saturated carbocycles. The Hall–Kier alpha value is -2.44. The molecule has 1 aliphatic rings. The van der Waals surface area contributed by atoms with Crippen LogP contribution in [0.25, 0.3) is 0 Å². The minimum absolute atomic E-state index is 0.164. The first-order valence-corrected chi connectivity index (χ1v) is 9.66. The summed E-state index contributed by atoms with van der Waals surface area (Å²) in [6, 6.07) is 11.2. The lowest BCUT2D eigenvalue weighted by Gasteiger charge is -2.22. The van der Waals surface area contributed by atoms with E-state index in [1.807, 2.05) is 18.2 Å². The smallest absolute Gasteiger partial charge is 0.146 e. The number of epoxide rings is 1. The van der Waals surface area contributed by atoms with Crippen molar-refractivity contribution >= 4 is 17.1 Å². The summed E-state index contributed by atoms with van der Waals surface area (Å²) in [5.41, 5.74) is 9.27. The van der Waals surface area contributed by atoms with Crippen LogP contribution >= 0.6 is 0 Å². The van der Waals surface area contributed by atoms with Gasteiger partial charge in [0.25, 0.3) is 0 Å². The maximum absolute atomic E-state index is 10.8. The molecule has 1 atom stereocenters. The average molecular weight is 383 g/mol. The number of benzene rings is 2. The molecule has 3 rings (SSSR count). The molecule has 3 N–H and O–H groups in total. The fourth-order valence-electron chi connectivity index (χ4n) is 2.91. The van der Waals surface area contributed by atoms with Gasteiger partial charge in [0.15, 0.2) is 0 Å². The van der Waals surface area contributed by atoms with Gasteiger partial charge in [0.1, 0.15) is 23.2 Å². The highest BCUT2D eigenvalue weighted by Gasteiger charge is 2.23. The Kier molecular flexibility index (Phi) is 6.31. The molecule has 0 spiro atoms. The van der Waals surface area contributed by atoms with Crippen LogP contribution in [-0.4, -0.2) is 31.0 Å². The number of phenolic OH excluding ortho intramolecular Hbond substituents is 1. The number of nitrogens with two attached hydrogens (primary N) is 1. The fraction of sp³-hybridized carbons (Fsp3) is 0.455. The topological polar surface area (TPSA) is 92.7 Å². The molecule has 0 aliphatic carbocycles. The van der Waals surface area contributed by atoms with E-state index in [1.165, 1.54) is 0 Å². The normalized spacial score (nSPS) is 16.6. The quantitative estimate of drug-likeness (QED) is 0.289. The van der Waals surface area contributed by atoms with E-state index >= 15 is 0 Å². The van der Waals surface area contributed by atoms with Gasteiger partial charge in [-0.3, -0.25) is 0 Å². The molecule has 1 fully saturated rings. The van der Waals surface area contributed by atoms with E-state index in [0.717, 1.165) is 30.6 Å². The fourth-order valence-corrected chi connectivity index (χ4v) is 2.91. The van der Waals surface area contributed by atoms with Gasteiger partial charge in [-0.15, -0.1) is 10.2 Å². The Morgan fingerprint density at radius 2 is 1.89 bits per heavy atom. The van der Waals surface area contributed by atoms with Crippen LogP contribution in [0.4, 0.5) is 17.1 Å². The first-order chi connectivity index (χ1) is 13.3. The summed E-state index contributed by atoms with van der Waals surface area (Å²) in [7, 11) is 0. The van der Waals surface area contributed by atoms with Crippen LogP contribution in [0.5, 0.6) is 5.75 Å². The highest BCUT2D eigenvalue weighted by Crippen LogP contribution is 2.40. The van der Waals surface area contributed by atoms with Gasteiger partial charge in [-0.25, -0.2) is 0 Å². The molecule has 2 aromatic carbocycles. The van der Waals surface area contributed by atoms with Crippen molar-refractivity contribution in [3.8, 4) is 5.75 Å². The third kappa shape index (κ3) is 5.53. The number of para-hydroxylation sites is 1. The Bertz CT molecular complexity index is 839. The molecule has 1 heterocycles. The van der Waals surface area contributed by atoms with Gasteiger partial charge in [-0.05, 0) is 42.0 Å². The monoisotopic (exact) mass is 383 g/mol. The van der Waals surface area contributed by atoms with E-state index in [9.17, 15) is 5.11 Å². The molecular weight excluding hydrogens is 354 g/mol. The maximum Gasteiger partial charge on any atom is 0.146 e. The minimum atomic E-state index is -0.212. The van der Waals surface area contributed by atoms with Crippen molar-refractivity contribution in [3.05, 3.63) is 47.5 Å². The highest BCUT2D eigenvalue weighted by atomic mass is 16.6. The zero-order chi connectivity index (χ0) is 20.1. The standard InChI is InChI=1S/C22H29N3O3/c1-22(2,3)17-11-15(7-6-10-27-13-16-14-28-16)12-20(21(17)26)25-24-19-9-5-4-8-18(19)23/h4-5,8-9,11-12,16,26H,6-7,10,13-14,23H2,1-3H3. The molecular formula is C22H29N3O3. The Morgan fingerprint density at radius 3 is 2.57 bits per heavy atom. The van der Waals surface area contributed by atoms with Gasteiger partial charge in [0.05, 0.1) is 18.9 Å². The lowest BCUT2D eigenvalue weighted by molar-refractivity contribution is 0.114. The van der Waals surface area contributed by atoms with Gasteiger partial charge in [-0.1, -0.05) is 39.0 Å². The predicted molar refractivity (Wildman–Crippen MR) is 111 cm³/mol. The van der Waals surface area contributed by atoms with Gasteiger partial charge in [-0.2, -0.15) is 0 Å². The summed E-state index contributed by atoms with van der Waals surface area (Å²) in [5.74, 6) is 0.164. The zero-order valence-electron chi connectivity index (χ0n) is 16.8. The van der Waals surface area contributed by atoms with Crippen LogP contribution in [0.1, 0.15) is 38.3 Å². The Labute approximate surface area is 166 Å². The van der Waals surface area contributed by atoms with Gasteiger partial charge >= 0.3 is 0 Å². The summed E-state index contributed by atoms with van der Waals surface area (Å²) < 4.78 is 10.8. The number of azo groups is 1. The first kappa shape index (κ1) is 20.3. The molecule has 6 heteroatoms.